The summed E-state index contributed by atoms with van der Waals surface area (Å²) in [7, 11) is 1.89. The number of carbonyl (C=O) groups is 1. The van der Waals surface area contributed by atoms with E-state index in [1.807, 2.05) is 26.2 Å². The number of aryl methyl sites for hydroxylation is 1. The summed E-state index contributed by atoms with van der Waals surface area (Å²) < 4.78 is 6.72. The van der Waals surface area contributed by atoms with Crippen molar-refractivity contribution in [2.75, 3.05) is 19.7 Å². The highest BCUT2D eigenvalue weighted by atomic mass is 16.5. The second-order valence-electron chi connectivity index (χ2n) is 4.00. The summed E-state index contributed by atoms with van der Waals surface area (Å²) in [6.45, 7) is 6.24. The minimum Gasteiger partial charge on any atom is -0.465 e. The van der Waals surface area contributed by atoms with Crippen LogP contribution in [0.4, 0.5) is 0 Å². The quantitative estimate of drug-likeness (QED) is 0.671. The lowest BCUT2D eigenvalue weighted by Gasteiger charge is -2.19. The highest BCUT2D eigenvalue weighted by Gasteiger charge is 2.12. The Morgan fingerprint density at radius 2 is 2.29 bits per heavy atom. The molecule has 1 rings (SSSR count). The van der Waals surface area contributed by atoms with E-state index in [2.05, 4.69) is 16.9 Å². The van der Waals surface area contributed by atoms with Crippen LogP contribution >= 0.6 is 0 Å². The van der Waals surface area contributed by atoms with E-state index in [1.165, 1.54) is 0 Å². The zero-order valence-corrected chi connectivity index (χ0v) is 10.8. The SMILES string of the molecule is CCCN(CC(=O)OCC)Cc1ccn(C)n1. The molecule has 1 heterocycles. The van der Waals surface area contributed by atoms with Gasteiger partial charge in [-0.1, -0.05) is 6.92 Å². The van der Waals surface area contributed by atoms with Gasteiger partial charge >= 0.3 is 5.97 Å². The Hall–Kier alpha value is -1.36. The fraction of sp³-hybridized carbons (Fsp3) is 0.667. The van der Waals surface area contributed by atoms with Crippen molar-refractivity contribution in [3.63, 3.8) is 0 Å². The number of ether oxygens (including phenoxy) is 1. The molecule has 0 fully saturated rings. The van der Waals surface area contributed by atoms with Gasteiger partial charge in [-0.05, 0) is 26.0 Å². The molecular formula is C12H21N3O2. The fourth-order valence-electron chi connectivity index (χ4n) is 1.70. The molecule has 0 saturated carbocycles. The molecule has 0 N–H and O–H groups in total. The molecule has 1 aromatic heterocycles. The summed E-state index contributed by atoms with van der Waals surface area (Å²) in [5, 5.41) is 4.31. The van der Waals surface area contributed by atoms with Gasteiger partial charge in [-0.25, -0.2) is 0 Å². The lowest BCUT2D eigenvalue weighted by molar-refractivity contribution is -0.144. The Morgan fingerprint density at radius 3 is 2.82 bits per heavy atom. The van der Waals surface area contributed by atoms with E-state index in [0.717, 1.165) is 18.7 Å². The van der Waals surface area contributed by atoms with Crippen LogP contribution in [-0.2, 0) is 23.1 Å². The molecule has 0 bridgehead atoms. The summed E-state index contributed by atoms with van der Waals surface area (Å²) in [4.78, 5) is 13.5. The second-order valence-corrected chi connectivity index (χ2v) is 4.00. The molecule has 0 spiro atoms. The average molecular weight is 239 g/mol. The van der Waals surface area contributed by atoms with Gasteiger partial charge in [0.25, 0.3) is 0 Å². The standard InChI is InChI=1S/C12H21N3O2/c1-4-7-15(10-12(16)17-5-2)9-11-6-8-14(3)13-11/h6,8H,4-5,7,9-10H2,1-3H3. The monoisotopic (exact) mass is 239 g/mol. The molecule has 0 atom stereocenters. The molecule has 0 saturated heterocycles. The minimum absolute atomic E-state index is 0.170. The third kappa shape index (κ3) is 4.99. The molecule has 0 aliphatic carbocycles. The van der Waals surface area contributed by atoms with Gasteiger partial charge in [0, 0.05) is 19.8 Å². The smallest absolute Gasteiger partial charge is 0.320 e. The van der Waals surface area contributed by atoms with E-state index in [1.54, 1.807) is 4.68 Å². The van der Waals surface area contributed by atoms with Crippen LogP contribution in [0.3, 0.4) is 0 Å². The number of esters is 1. The molecule has 1 aromatic rings. The molecule has 0 radical (unpaired) electrons. The van der Waals surface area contributed by atoms with Crippen molar-refractivity contribution < 1.29 is 9.53 Å². The topological polar surface area (TPSA) is 47.4 Å². The predicted molar refractivity (Wildman–Crippen MR) is 65.4 cm³/mol. The molecule has 5 heteroatoms. The van der Waals surface area contributed by atoms with Crippen LogP contribution in [0.2, 0.25) is 0 Å². The van der Waals surface area contributed by atoms with Gasteiger partial charge in [0.2, 0.25) is 0 Å². The molecular weight excluding hydrogens is 218 g/mol. The summed E-state index contributed by atoms with van der Waals surface area (Å²) in [5.41, 5.74) is 0.977. The Labute approximate surface area is 102 Å². The molecule has 0 aliphatic heterocycles. The number of nitrogens with zero attached hydrogens (tertiary/aromatic N) is 3. The molecule has 0 aromatic carbocycles. The zero-order chi connectivity index (χ0) is 12.7. The van der Waals surface area contributed by atoms with E-state index >= 15 is 0 Å². The molecule has 0 unspecified atom stereocenters. The number of aromatic nitrogens is 2. The van der Waals surface area contributed by atoms with Crippen LogP contribution in [-0.4, -0.2) is 40.3 Å². The number of rotatable bonds is 7. The normalized spacial score (nSPS) is 10.8. The van der Waals surface area contributed by atoms with Gasteiger partial charge in [0.1, 0.15) is 0 Å². The maximum absolute atomic E-state index is 11.4. The van der Waals surface area contributed by atoms with Crippen LogP contribution < -0.4 is 0 Å². The van der Waals surface area contributed by atoms with Crippen molar-refractivity contribution in [3.8, 4) is 0 Å². The Morgan fingerprint density at radius 1 is 1.53 bits per heavy atom. The maximum atomic E-state index is 11.4. The van der Waals surface area contributed by atoms with Gasteiger partial charge in [0.05, 0.1) is 18.8 Å². The lowest BCUT2D eigenvalue weighted by atomic mass is 10.3. The first kappa shape index (κ1) is 13.7. The maximum Gasteiger partial charge on any atom is 0.320 e. The summed E-state index contributed by atoms with van der Waals surface area (Å²) >= 11 is 0. The third-order valence-corrected chi connectivity index (χ3v) is 2.35. The van der Waals surface area contributed by atoms with Gasteiger partial charge < -0.3 is 4.74 Å². The van der Waals surface area contributed by atoms with E-state index in [-0.39, 0.29) is 5.97 Å². The Balaban J connectivity index is 2.50. The van der Waals surface area contributed by atoms with Crippen molar-refractivity contribution in [3.05, 3.63) is 18.0 Å². The van der Waals surface area contributed by atoms with Gasteiger partial charge in [-0.3, -0.25) is 14.4 Å². The number of carbonyl (C=O) groups excluding carboxylic acids is 1. The molecule has 17 heavy (non-hydrogen) atoms. The fourth-order valence-corrected chi connectivity index (χ4v) is 1.70. The molecule has 96 valence electrons. The summed E-state index contributed by atoms with van der Waals surface area (Å²) in [6, 6.07) is 1.97. The molecule has 0 amide bonds. The van der Waals surface area contributed by atoms with Gasteiger partial charge in [0.15, 0.2) is 0 Å². The van der Waals surface area contributed by atoms with Gasteiger partial charge in [-0.15, -0.1) is 0 Å². The summed E-state index contributed by atoms with van der Waals surface area (Å²) in [6.07, 6.45) is 2.91. The Bertz CT molecular complexity index is 349. The van der Waals surface area contributed by atoms with Crippen LogP contribution in [0.15, 0.2) is 12.3 Å². The third-order valence-electron chi connectivity index (χ3n) is 2.35. The van der Waals surface area contributed by atoms with Crippen molar-refractivity contribution in [2.45, 2.75) is 26.8 Å². The second kappa shape index (κ2) is 7.06. The van der Waals surface area contributed by atoms with E-state index in [0.29, 0.717) is 19.7 Å². The van der Waals surface area contributed by atoms with Gasteiger partial charge in [-0.2, -0.15) is 5.10 Å². The zero-order valence-electron chi connectivity index (χ0n) is 10.8. The number of hydrogen-bond donors (Lipinski definition) is 0. The number of hydrogen-bond acceptors (Lipinski definition) is 4. The van der Waals surface area contributed by atoms with Crippen molar-refractivity contribution in [1.82, 2.24) is 14.7 Å². The average Bonchev–Trinajstić information content (AvgIpc) is 2.64. The first-order valence-corrected chi connectivity index (χ1v) is 6.02. The van der Waals surface area contributed by atoms with Crippen molar-refractivity contribution >= 4 is 5.97 Å². The highest BCUT2D eigenvalue weighted by molar-refractivity contribution is 5.71. The van der Waals surface area contributed by atoms with E-state index in [9.17, 15) is 4.79 Å². The van der Waals surface area contributed by atoms with Crippen LogP contribution in [0, 0.1) is 0 Å². The highest BCUT2D eigenvalue weighted by Crippen LogP contribution is 2.03. The van der Waals surface area contributed by atoms with Crippen molar-refractivity contribution in [1.29, 1.82) is 0 Å². The predicted octanol–water partition coefficient (Wildman–Crippen LogP) is 1.20. The van der Waals surface area contributed by atoms with Crippen LogP contribution in [0.25, 0.3) is 0 Å². The summed E-state index contributed by atoms with van der Waals surface area (Å²) in [5.74, 6) is -0.170. The molecule has 0 aliphatic rings. The van der Waals surface area contributed by atoms with E-state index < -0.39 is 0 Å². The largest absolute Gasteiger partial charge is 0.465 e. The van der Waals surface area contributed by atoms with Crippen LogP contribution in [0.1, 0.15) is 26.0 Å². The van der Waals surface area contributed by atoms with Crippen molar-refractivity contribution in [2.24, 2.45) is 7.05 Å². The van der Waals surface area contributed by atoms with Crippen LogP contribution in [0.5, 0.6) is 0 Å². The van der Waals surface area contributed by atoms with E-state index in [4.69, 9.17) is 4.74 Å². The molecule has 5 nitrogen and oxygen atoms in total. The first-order valence-electron chi connectivity index (χ1n) is 6.02. The first-order chi connectivity index (χ1) is 8.15. The Kier molecular flexibility index (Phi) is 5.69. The minimum atomic E-state index is -0.170. The lowest BCUT2D eigenvalue weighted by Crippen LogP contribution is -2.31.